The number of hydrogen-bond acceptors (Lipinski definition) is 3. The van der Waals surface area contributed by atoms with E-state index in [2.05, 4.69) is 21.8 Å². The molecule has 0 unspecified atom stereocenters. The lowest BCUT2D eigenvalue weighted by Gasteiger charge is -2.34. The number of ether oxygens (including phenoxy) is 1. The van der Waals surface area contributed by atoms with Gasteiger partial charge in [-0.05, 0) is 29.8 Å². The Hall–Kier alpha value is -2.54. The molecule has 7 heteroatoms. The largest absolute Gasteiger partial charge is 0.573 e. The molecule has 1 amide bonds. The Morgan fingerprint density at radius 2 is 1.54 bits per heavy atom. The highest BCUT2D eigenvalue weighted by atomic mass is 19.4. The molecule has 26 heavy (non-hydrogen) atoms. The molecule has 0 radical (unpaired) electrons. The number of benzene rings is 2. The molecule has 2 aromatic carbocycles. The van der Waals surface area contributed by atoms with Crippen molar-refractivity contribution < 1.29 is 22.7 Å². The molecule has 3 rings (SSSR count). The Morgan fingerprint density at radius 1 is 0.923 bits per heavy atom. The maximum Gasteiger partial charge on any atom is 0.573 e. The second-order valence-electron chi connectivity index (χ2n) is 6.13. The van der Waals surface area contributed by atoms with Crippen molar-refractivity contribution in [3.63, 3.8) is 0 Å². The standard InChI is InChI=1S/C19H19F3N2O2/c20-19(21,22)26-17-8-6-16(7-9-17)18(25)24-12-10-23(11-13-24)14-15-4-2-1-3-5-15/h1-9H,10-14H2. The van der Waals surface area contributed by atoms with Crippen LogP contribution in [-0.2, 0) is 6.54 Å². The zero-order valence-electron chi connectivity index (χ0n) is 14.1. The van der Waals surface area contributed by atoms with E-state index in [1.165, 1.54) is 17.7 Å². The lowest BCUT2D eigenvalue weighted by molar-refractivity contribution is -0.274. The van der Waals surface area contributed by atoms with Crippen LogP contribution in [0.4, 0.5) is 13.2 Å². The fourth-order valence-corrected chi connectivity index (χ4v) is 2.93. The summed E-state index contributed by atoms with van der Waals surface area (Å²) < 4.78 is 40.4. The first-order valence-electron chi connectivity index (χ1n) is 8.32. The molecule has 2 aromatic rings. The summed E-state index contributed by atoms with van der Waals surface area (Å²) in [6, 6.07) is 15.2. The highest BCUT2D eigenvalue weighted by molar-refractivity contribution is 5.94. The van der Waals surface area contributed by atoms with Gasteiger partial charge in [0.2, 0.25) is 0 Å². The van der Waals surface area contributed by atoms with Crippen LogP contribution in [0.25, 0.3) is 0 Å². The summed E-state index contributed by atoms with van der Waals surface area (Å²) in [7, 11) is 0. The van der Waals surface area contributed by atoms with E-state index >= 15 is 0 Å². The predicted molar refractivity (Wildman–Crippen MR) is 90.7 cm³/mol. The lowest BCUT2D eigenvalue weighted by Crippen LogP contribution is -2.48. The van der Waals surface area contributed by atoms with Crippen LogP contribution in [0.3, 0.4) is 0 Å². The maximum absolute atomic E-state index is 12.5. The average Bonchev–Trinajstić information content (AvgIpc) is 2.62. The van der Waals surface area contributed by atoms with E-state index in [4.69, 9.17) is 0 Å². The lowest BCUT2D eigenvalue weighted by atomic mass is 10.1. The van der Waals surface area contributed by atoms with Gasteiger partial charge in [0.15, 0.2) is 0 Å². The smallest absolute Gasteiger partial charge is 0.406 e. The monoisotopic (exact) mass is 364 g/mol. The molecule has 1 aliphatic heterocycles. The van der Waals surface area contributed by atoms with Crippen LogP contribution < -0.4 is 4.74 Å². The minimum absolute atomic E-state index is 0.178. The van der Waals surface area contributed by atoms with Crippen LogP contribution in [0.2, 0.25) is 0 Å². The second kappa shape index (κ2) is 7.78. The van der Waals surface area contributed by atoms with E-state index in [-0.39, 0.29) is 11.7 Å². The van der Waals surface area contributed by atoms with Crippen molar-refractivity contribution in [2.24, 2.45) is 0 Å². The van der Waals surface area contributed by atoms with E-state index in [0.29, 0.717) is 18.7 Å². The molecule has 0 aromatic heterocycles. The molecule has 0 aliphatic carbocycles. The number of rotatable bonds is 4. The molecule has 1 aliphatic rings. The molecule has 0 saturated carbocycles. The number of carbonyl (C=O) groups is 1. The van der Waals surface area contributed by atoms with Gasteiger partial charge in [0, 0.05) is 38.3 Å². The summed E-state index contributed by atoms with van der Waals surface area (Å²) in [5, 5.41) is 0. The van der Waals surface area contributed by atoms with Crippen molar-refractivity contribution in [1.29, 1.82) is 0 Å². The number of halogens is 3. The first-order chi connectivity index (χ1) is 12.4. The second-order valence-corrected chi connectivity index (χ2v) is 6.13. The van der Waals surface area contributed by atoms with Gasteiger partial charge in [-0.3, -0.25) is 9.69 Å². The summed E-state index contributed by atoms with van der Waals surface area (Å²) >= 11 is 0. The van der Waals surface area contributed by atoms with Crippen molar-refractivity contribution in [1.82, 2.24) is 9.80 Å². The molecular formula is C19H19F3N2O2. The third-order valence-corrected chi connectivity index (χ3v) is 4.24. The normalized spacial score (nSPS) is 15.7. The fourth-order valence-electron chi connectivity index (χ4n) is 2.93. The van der Waals surface area contributed by atoms with Crippen LogP contribution in [-0.4, -0.2) is 48.2 Å². The summed E-state index contributed by atoms with van der Waals surface area (Å²) in [5.41, 5.74) is 1.59. The quantitative estimate of drug-likeness (QED) is 0.832. The van der Waals surface area contributed by atoms with Gasteiger partial charge in [-0.2, -0.15) is 0 Å². The fraction of sp³-hybridized carbons (Fsp3) is 0.316. The minimum atomic E-state index is -4.74. The number of carbonyl (C=O) groups excluding carboxylic acids is 1. The van der Waals surface area contributed by atoms with Crippen molar-refractivity contribution in [2.75, 3.05) is 26.2 Å². The Kier molecular flexibility index (Phi) is 5.46. The van der Waals surface area contributed by atoms with E-state index in [9.17, 15) is 18.0 Å². The van der Waals surface area contributed by atoms with Crippen molar-refractivity contribution in [2.45, 2.75) is 12.9 Å². The van der Waals surface area contributed by atoms with Gasteiger partial charge in [0.1, 0.15) is 5.75 Å². The van der Waals surface area contributed by atoms with Crippen LogP contribution in [0.1, 0.15) is 15.9 Å². The van der Waals surface area contributed by atoms with Crippen LogP contribution in [0, 0.1) is 0 Å². The van der Waals surface area contributed by atoms with E-state index < -0.39 is 6.36 Å². The first-order valence-corrected chi connectivity index (χ1v) is 8.32. The van der Waals surface area contributed by atoms with Gasteiger partial charge >= 0.3 is 6.36 Å². The summed E-state index contributed by atoms with van der Waals surface area (Å²) in [6.07, 6.45) is -4.74. The SMILES string of the molecule is O=C(c1ccc(OC(F)(F)F)cc1)N1CCN(Cc2ccccc2)CC1. The third-order valence-electron chi connectivity index (χ3n) is 4.24. The molecule has 0 atom stereocenters. The Bertz CT molecular complexity index is 725. The number of piperazine rings is 1. The van der Waals surface area contributed by atoms with Gasteiger partial charge in [0.05, 0.1) is 0 Å². The first kappa shape index (κ1) is 18.3. The molecule has 4 nitrogen and oxygen atoms in total. The minimum Gasteiger partial charge on any atom is -0.406 e. The van der Waals surface area contributed by atoms with Crippen LogP contribution >= 0.6 is 0 Å². The van der Waals surface area contributed by atoms with Gasteiger partial charge < -0.3 is 9.64 Å². The zero-order chi connectivity index (χ0) is 18.6. The van der Waals surface area contributed by atoms with Gasteiger partial charge in [-0.25, -0.2) is 0 Å². The van der Waals surface area contributed by atoms with E-state index in [1.54, 1.807) is 4.90 Å². The number of amides is 1. The van der Waals surface area contributed by atoms with E-state index in [1.807, 2.05) is 18.2 Å². The highest BCUT2D eigenvalue weighted by Crippen LogP contribution is 2.23. The van der Waals surface area contributed by atoms with Gasteiger partial charge in [-0.1, -0.05) is 30.3 Å². The van der Waals surface area contributed by atoms with Crippen LogP contribution in [0.15, 0.2) is 54.6 Å². The highest BCUT2D eigenvalue weighted by Gasteiger charge is 2.31. The maximum atomic E-state index is 12.5. The molecule has 1 saturated heterocycles. The average molecular weight is 364 g/mol. The molecule has 0 spiro atoms. The van der Waals surface area contributed by atoms with Crippen molar-refractivity contribution >= 4 is 5.91 Å². The topological polar surface area (TPSA) is 32.8 Å². The number of nitrogens with zero attached hydrogens (tertiary/aromatic N) is 2. The molecule has 138 valence electrons. The molecule has 0 bridgehead atoms. The van der Waals surface area contributed by atoms with Crippen molar-refractivity contribution in [3.8, 4) is 5.75 Å². The molecule has 1 fully saturated rings. The Labute approximate surface area is 149 Å². The number of hydrogen-bond donors (Lipinski definition) is 0. The van der Waals surface area contributed by atoms with Crippen molar-refractivity contribution in [3.05, 3.63) is 65.7 Å². The predicted octanol–water partition coefficient (Wildman–Crippen LogP) is 3.54. The Balaban J connectivity index is 1.53. The summed E-state index contributed by atoms with van der Waals surface area (Å²) in [6.45, 7) is 3.54. The van der Waals surface area contributed by atoms with Gasteiger partial charge in [0.25, 0.3) is 5.91 Å². The van der Waals surface area contributed by atoms with Gasteiger partial charge in [-0.15, -0.1) is 13.2 Å². The third kappa shape index (κ3) is 4.98. The van der Waals surface area contributed by atoms with Crippen LogP contribution in [0.5, 0.6) is 5.75 Å². The molecular weight excluding hydrogens is 345 g/mol. The molecule has 1 heterocycles. The zero-order valence-corrected chi connectivity index (χ0v) is 14.1. The number of alkyl halides is 3. The summed E-state index contributed by atoms with van der Waals surface area (Å²) in [5.74, 6) is -0.510. The Morgan fingerprint density at radius 3 is 2.12 bits per heavy atom. The molecule has 0 N–H and O–H groups in total. The van der Waals surface area contributed by atoms with E-state index in [0.717, 1.165) is 31.8 Å². The summed E-state index contributed by atoms with van der Waals surface area (Å²) in [4.78, 5) is 16.5.